The van der Waals surface area contributed by atoms with E-state index in [0.717, 1.165) is 25.7 Å². The molecule has 0 heterocycles. The van der Waals surface area contributed by atoms with Crippen LogP contribution in [0.4, 0.5) is 0 Å². The van der Waals surface area contributed by atoms with Crippen molar-refractivity contribution in [2.45, 2.75) is 37.7 Å². The maximum atomic E-state index is 11.7. The number of halogens is 1. The van der Waals surface area contributed by atoms with Gasteiger partial charge in [-0.05, 0) is 31.0 Å². The lowest BCUT2D eigenvalue weighted by Gasteiger charge is -2.21. The number of amides is 1. The molecule has 20 heavy (non-hydrogen) atoms. The standard InChI is InChI=1S/C15H20ClNO3/c16-12-4-3-5-13(10-12)20-9-8-17-14(18)11-15(19)6-1-2-7-15/h3-5,10,19H,1-2,6-9,11H2,(H,17,18). The topological polar surface area (TPSA) is 58.6 Å². The lowest BCUT2D eigenvalue weighted by Crippen LogP contribution is -2.36. The number of carbonyl (C=O) groups excluding carboxylic acids is 1. The van der Waals surface area contributed by atoms with Crippen molar-refractivity contribution in [3.63, 3.8) is 0 Å². The average molecular weight is 298 g/mol. The monoisotopic (exact) mass is 297 g/mol. The van der Waals surface area contributed by atoms with Gasteiger partial charge in [0.1, 0.15) is 12.4 Å². The molecule has 4 nitrogen and oxygen atoms in total. The molecule has 1 aliphatic rings. The number of rotatable bonds is 6. The van der Waals surface area contributed by atoms with Gasteiger partial charge < -0.3 is 15.2 Å². The maximum absolute atomic E-state index is 11.7. The highest BCUT2D eigenvalue weighted by Crippen LogP contribution is 2.32. The molecule has 0 aliphatic heterocycles. The van der Waals surface area contributed by atoms with Crippen LogP contribution in [0.1, 0.15) is 32.1 Å². The Morgan fingerprint density at radius 3 is 2.85 bits per heavy atom. The van der Waals surface area contributed by atoms with E-state index in [2.05, 4.69) is 5.32 Å². The molecule has 0 spiro atoms. The SMILES string of the molecule is O=C(CC1(O)CCCC1)NCCOc1cccc(Cl)c1. The third kappa shape index (κ3) is 4.69. The predicted octanol–water partition coefficient (Wildman–Crippen LogP) is 2.53. The second kappa shape index (κ2) is 6.95. The van der Waals surface area contributed by atoms with E-state index in [1.807, 2.05) is 12.1 Å². The summed E-state index contributed by atoms with van der Waals surface area (Å²) in [6.07, 6.45) is 3.63. The van der Waals surface area contributed by atoms with Gasteiger partial charge in [0.2, 0.25) is 5.91 Å². The number of hydrogen-bond donors (Lipinski definition) is 2. The van der Waals surface area contributed by atoms with Gasteiger partial charge in [0, 0.05) is 5.02 Å². The Morgan fingerprint density at radius 2 is 2.15 bits per heavy atom. The Balaban J connectivity index is 1.64. The smallest absolute Gasteiger partial charge is 0.223 e. The van der Waals surface area contributed by atoms with E-state index in [1.54, 1.807) is 12.1 Å². The summed E-state index contributed by atoms with van der Waals surface area (Å²) in [6, 6.07) is 7.13. The van der Waals surface area contributed by atoms with Crippen LogP contribution >= 0.6 is 11.6 Å². The van der Waals surface area contributed by atoms with E-state index < -0.39 is 5.60 Å². The summed E-state index contributed by atoms with van der Waals surface area (Å²) in [5.41, 5.74) is -0.794. The van der Waals surface area contributed by atoms with Crippen LogP contribution in [0.5, 0.6) is 5.75 Å². The van der Waals surface area contributed by atoms with Crippen molar-refractivity contribution >= 4 is 17.5 Å². The second-order valence-electron chi connectivity index (χ2n) is 5.26. The molecular formula is C15H20ClNO3. The average Bonchev–Trinajstić information content (AvgIpc) is 2.81. The number of ether oxygens (including phenoxy) is 1. The van der Waals surface area contributed by atoms with Crippen LogP contribution in [0.3, 0.4) is 0 Å². The second-order valence-corrected chi connectivity index (χ2v) is 5.70. The van der Waals surface area contributed by atoms with E-state index >= 15 is 0 Å². The van der Waals surface area contributed by atoms with Gasteiger partial charge in [0.25, 0.3) is 0 Å². The maximum Gasteiger partial charge on any atom is 0.223 e. The molecular weight excluding hydrogens is 278 g/mol. The molecule has 2 N–H and O–H groups in total. The fourth-order valence-corrected chi connectivity index (χ4v) is 2.67. The van der Waals surface area contributed by atoms with Crippen LogP contribution in [-0.4, -0.2) is 29.8 Å². The lowest BCUT2D eigenvalue weighted by molar-refractivity contribution is -0.126. The van der Waals surface area contributed by atoms with E-state index in [1.165, 1.54) is 0 Å². The van der Waals surface area contributed by atoms with Crippen LogP contribution in [0.15, 0.2) is 24.3 Å². The van der Waals surface area contributed by atoms with Crippen molar-refractivity contribution < 1.29 is 14.6 Å². The van der Waals surface area contributed by atoms with Crippen molar-refractivity contribution in [3.05, 3.63) is 29.3 Å². The first-order valence-electron chi connectivity index (χ1n) is 6.95. The summed E-state index contributed by atoms with van der Waals surface area (Å²) in [6.45, 7) is 0.798. The minimum absolute atomic E-state index is 0.121. The van der Waals surface area contributed by atoms with Gasteiger partial charge in [-0.3, -0.25) is 4.79 Å². The predicted molar refractivity (Wildman–Crippen MR) is 78.0 cm³/mol. The molecule has 2 rings (SSSR count). The Labute approximate surface area is 124 Å². The molecule has 0 radical (unpaired) electrons. The lowest BCUT2D eigenvalue weighted by atomic mass is 9.98. The minimum Gasteiger partial charge on any atom is -0.492 e. The molecule has 1 aliphatic carbocycles. The van der Waals surface area contributed by atoms with Crippen LogP contribution in [-0.2, 0) is 4.79 Å². The van der Waals surface area contributed by atoms with E-state index in [-0.39, 0.29) is 12.3 Å². The minimum atomic E-state index is -0.794. The van der Waals surface area contributed by atoms with Crippen molar-refractivity contribution in [2.75, 3.05) is 13.2 Å². The van der Waals surface area contributed by atoms with Crippen LogP contribution in [0.25, 0.3) is 0 Å². The van der Waals surface area contributed by atoms with Crippen molar-refractivity contribution in [1.82, 2.24) is 5.32 Å². The van der Waals surface area contributed by atoms with Gasteiger partial charge >= 0.3 is 0 Å². The Bertz CT molecular complexity index is 458. The number of aliphatic hydroxyl groups is 1. The first kappa shape index (κ1) is 15.1. The Hall–Kier alpha value is -1.26. The number of benzene rings is 1. The summed E-state index contributed by atoms with van der Waals surface area (Å²) in [4.78, 5) is 11.7. The number of carbonyl (C=O) groups is 1. The molecule has 5 heteroatoms. The van der Waals surface area contributed by atoms with Gasteiger partial charge in [-0.2, -0.15) is 0 Å². The quantitative estimate of drug-likeness (QED) is 0.793. The Morgan fingerprint density at radius 1 is 1.40 bits per heavy atom. The Kier molecular flexibility index (Phi) is 5.26. The van der Waals surface area contributed by atoms with Gasteiger partial charge in [-0.25, -0.2) is 0 Å². The number of nitrogens with one attached hydrogen (secondary N) is 1. The van der Waals surface area contributed by atoms with E-state index in [0.29, 0.717) is 23.9 Å². The molecule has 1 amide bonds. The zero-order valence-electron chi connectivity index (χ0n) is 11.4. The molecule has 1 aromatic rings. The molecule has 0 bridgehead atoms. The molecule has 1 saturated carbocycles. The van der Waals surface area contributed by atoms with Gasteiger partial charge in [0.05, 0.1) is 18.6 Å². The highest BCUT2D eigenvalue weighted by atomic mass is 35.5. The fourth-order valence-electron chi connectivity index (χ4n) is 2.49. The first-order valence-corrected chi connectivity index (χ1v) is 7.33. The van der Waals surface area contributed by atoms with E-state index in [9.17, 15) is 9.90 Å². The highest BCUT2D eigenvalue weighted by molar-refractivity contribution is 6.30. The normalized spacial score (nSPS) is 16.9. The van der Waals surface area contributed by atoms with Crippen molar-refractivity contribution in [2.24, 2.45) is 0 Å². The van der Waals surface area contributed by atoms with Gasteiger partial charge in [0.15, 0.2) is 0 Å². The largest absolute Gasteiger partial charge is 0.492 e. The summed E-state index contributed by atoms with van der Waals surface area (Å²) < 4.78 is 5.47. The summed E-state index contributed by atoms with van der Waals surface area (Å²) >= 11 is 5.84. The van der Waals surface area contributed by atoms with Crippen LogP contribution in [0.2, 0.25) is 5.02 Å². The third-order valence-electron chi connectivity index (χ3n) is 3.51. The number of hydrogen-bond acceptors (Lipinski definition) is 3. The summed E-state index contributed by atoms with van der Waals surface area (Å²) in [5.74, 6) is 0.560. The first-order chi connectivity index (χ1) is 9.57. The van der Waals surface area contributed by atoms with E-state index in [4.69, 9.17) is 16.3 Å². The fraction of sp³-hybridized carbons (Fsp3) is 0.533. The molecule has 110 valence electrons. The third-order valence-corrected chi connectivity index (χ3v) is 3.75. The molecule has 0 aromatic heterocycles. The van der Waals surface area contributed by atoms with Gasteiger partial charge in [-0.1, -0.05) is 30.5 Å². The van der Waals surface area contributed by atoms with Crippen LogP contribution < -0.4 is 10.1 Å². The van der Waals surface area contributed by atoms with Gasteiger partial charge in [-0.15, -0.1) is 0 Å². The summed E-state index contributed by atoms with van der Waals surface area (Å²) in [5, 5.41) is 13.5. The highest BCUT2D eigenvalue weighted by Gasteiger charge is 2.33. The zero-order chi connectivity index (χ0) is 14.4. The molecule has 1 aromatic carbocycles. The molecule has 0 atom stereocenters. The van der Waals surface area contributed by atoms with Crippen molar-refractivity contribution in [1.29, 1.82) is 0 Å². The molecule has 0 saturated heterocycles. The molecule has 0 unspecified atom stereocenters. The molecule has 1 fully saturated rings. The van der Waals surface area contributed by atoms with Crippen molar-refractivity contribution in [3.8, 4) is 5.75 Å². The summed E-state index contributed by atoms with van der Waals surface area (Å²) in [7, 11) is 0. The van der Waals surface area contributed by atoms with Crippen LogP contribution in [0, 0.1) is 0 Å². The zero-order valence-corrected chi connectivity index (χ0v) is 12.2.